The molecule has 3 nitrogen and oxygen atoms in total. The van der Waals surface area contributed by atoms with E-state index in [1.54, 1.807) is 0 Å². The topological polar surface area (TPSA) is 26.9 Å². The van der Waals surface area contributed by atoms with Crippen molar-refractivity contribution in [2.24, 2.45) is 11.3 Å². The van der Waals surface area contributed by atoms with Crippen LogP contribution >= 0.6 is 0 Å². The number of benzene rings is 1. The number of hydrogen-bond acceptors (Lipinski definition) is 1. The Hall–Kier alpha value is -1.91. The van der Waals surface area contributed by atoms with Crippen LogP contribution in [0.2, 0.25) is 0 Å². The molecule has 0 N–H and O–H groups in total. The van der Waals surface area contributed by atoms with Gasteiger partial charge in [-0.25, -0.2) is 13.5 Å². The summed E-state index contributed by atoms with van der Waals surface area (Å²) in [6.07, 6.45) is 2.92. The molecule has 0 amide bonds. The van der Waals surface area contributed by atoms with Gasteiger partial charge >= 0.3 is 0 Å². The van der Waals surface area contributed by atoms with Crippen molar-refractivity contribution in [2.75, 3.05) is 0 Å². The molecule has 1 aromatic carbocycles. The first kappa shape index (κ1) is 18.5. The van der Waals surface area contributed by atoms with E-state index in [1.165, 1.54) is 16.8 Å². The Labute approximate surface area is 159 Å². The van der Waals surface area contributed by atoms with Crippen molar-refractivity contribution in [3.63, 3.8) is 0 Å². The molecule has 2 atom stereocenters. The zero-order valence-electron chi connectivity index (χ0n) is 16.8. The fourth-order valence-electron chi connectivity index (χ4n) is 5.37. The number of halogens is 2. The van der Waals surface area contributed by atoms with E-state index in [1.807, 2.05) is 4.68 Å². The molecule has 0 saturated heterocycles. The van der Waals surface area contributed by atoms with Gasteiger partial charge in [0.2, 0.25) is 0 Å². The predicted octanol–water partition coefficient (Wildman–Crippen LogP) is 5.14. The SMILES string of the molecule is CC(C)CCn1c2c(c(=O)n1-c1ccc(F)cc1F)[C@H]1CC[C@]2(C)C1(C)C. The summed E-state index contributed by atoms with van der Waals surface area (Å²) in [5.74, 6) is -0.676. The van der Waals surface area contributed by atoms with Crippen LogP contribution < -0.4 is 5.56 Å². The van der Waals surface area contributed by atoms with E-state index in [4.69, 9.17) is 0 Å². The second-order valence-corrected chi connectivity index (χ2v) is 9.43. The zero-order valence-corrected chi connectivity index (χ0v) is 16.8. The van der Waals surface area contributed by atoms with Crippen LogP contribution in [-0.4, -0.2) is 9.36 Å². The summed E-state index contributed by atoms with van der Waals surface area (Å²) in [4.78, 5) is 13.5. The van der Waals surface area contributed by atoms with E-state index in [-0.39, 0.29) is 28.0 Å². The molecule has 2 aromatic rings. The molecule has 4 rings (SSSR count). The van der Waals surface area contributed by atoms with Gasteiger partial charge in [0.1, 0.15) is 11.5 Å². The highest BCUT2D eigenvalue weighted by Crippen LogP contribution is 2.67. The summed E-state index contributed by atoms with van der Waals surface area (Å²) in [6, 6.07) is 3.45. The minimum atomic E-state index is -0.698. The quantitative estimate of drug-likeness (QED) is 0.728. The highest BCUT2D eigenvalue weighted by atomic mass is 19.1. The fourth-order valence-corrected chi connectivity index (χ4v) is 5.37. The Bertz CT molecular complexity index is 969. The van der Waals surface area contributed by atoms with Crippen molar-refractivity contribution in [1.82, 2.24) is 9.36 Å². The van der Waals surface area contributed by atoms with Crippen LogP contribution in [-0.2, 0) is 12.0 Å². The number of rotatable bonds is 4. The molecule has 0 aliphatic heterocycles. The van der Waals surface area contributed by atoms with E-state index in [0.717, 1.165) is 36.6 Å². The summed E-state index contributed by atoms with van der Waals surface area (Å²) in [6.45, 7) is 11.7. The minimum absolute atomic E-state index is 0.0108. The molecule has 0 radical (unpaired) electrons. The fraction of sp³-hybridized carbons (Fsp3) is 0.591. The molecular weight excluding hydrogens is 346 g/mol. The third-order valence-corrected chi connectivity index (χ3v) is 7.33. The lowest BCUT2D eigenvalue weighted by molar-refractivity contribution is 0.213. The molecule has 0 unspecified atom stereocenters. The first-order valence-corrected chi connectivity index (χ1v) is 9.91. The number of fused-ring (bicyclic) bond motifs is 5. The molecule has 0 spiro atoms. The van der Waals surface area contributed by atoms with E-state index in [9.17, 15) is 13.6 Å². The Morgan fingerprint density at radius 3 is 2.56 bits per heavy atom. The van der Waals surface area contributed by atoms with Gasteiger partial charge in [0.05, 0.1) is 5.69 Å². The maximum atomic E-state index is 14.6. The summed E-state index contributed by atoms with van der Waals surface area (Å²) in [7, 11) is 0. The standard InChI is InChI=1S/C22H28F2N2O/c1-13(2)9-11-25-19-18(15-8-10-22(19,5)21(15,3)4)20(27)26(25)17-7-6-14(23)12-16(17)24/h6-7,12-13,15H,8-11H2,1-5H3/t15-,22+/m1/s1. The van der Waals surface area contributed by atoms with Gasteiger partial charge in [-0.2, -0.15) is 0 Å². The lowest BCUT2D eigenvalue weighted by Gasteiger charge is -2.36. The van der Waals surface area contributed by atoms with Crippen molar-refractivity contribution in [1.29, 1.82) is 0 Å². The molecular formula is C22H28F2N2O. The van der Waals surface area contributed by atoms with Crippen LogP contribution in [0.25, 0.3) is 5.69 Å². The van der Waals surface area contributed by atoms with E-state index >= 15 is 0 Å². The summed E-state index contributed by atoms with van der Waals surface area (Å²) < 4.78 is 31.5. The van der Waals surface area contributed by atoms with Gasteiger partial charge in [0, 0.05) is 23.6 Å². The van der Waals surface area contributed by atoms with Gasteiger partial charge in [-0.05, 0) is 48.6 Å². The largest absolute Gasteiger partial charge is 0.281 e. The van der Waals surface area contributed by atoms with Gasteiger partial charge in [0.15, 0.2) is 5.82 Å². The van der Waals surface area contributed by atoms with E-state index in [2.05, 4.69) is 34.6 Å². The molecule has 1 fully saturated rings. The molecule has 2 aliphatic carbocycles. The maximum Gasteiger partial charge on any atom is 0.275 e. The molecule has 1 saturated carbocycles. The molecule has 1 heterocycles. The number of nitrogens with zero attached hydrogens (tertiary/aromatic N) is 2. The van der Waals surface area contributed by atoms with Gasteiger partial charge in [-0.3, -0.25) is 9.48 Å². The highest BCUT2D eigenvalue weighted by Gasteiger charge is 2.62. The van der Waals surface area contributed by atoms with Gasteiger partial charge in [-0.15, -0.1) is 0 Å². The molecule has 27 heavy (non-hydrogen) atoms. The van der Waals surface area contributed by atoms with Crippen LogP contribution in [0.5, 0.6) is 0 Å². The lowest BCUT2D eigenvalue weighted by Crippen LogP contribution is -2.36. The zero-order chi connectivity index (χ0) is 19.7. The first-order chi connectivity index (χ1) is 12.6. The van der Waals surface area contributed by atoms with Crippen molar-refractivity contribution < 1.29 is 8.78 Å². The Kier molecular flexibility index (Phi) is 3.96. The monoisotopic (exact) mass is 374 g/mol. The van der Waals surface area contributed by atoms with Crippen LogP contribution in [0.15, 0.2) is 23.0 Å². The summed E-state index contributed by atoms with van der Waals surface area (Å²) >= 11 is 0. The van der Waals surface area contributed by atoms with Gasteiger partial charge in [0.25, 0.3) is 5.56 Å². The van der Waals surface area contributed by atoms with E-state index in [0.29, 0.717) is 12.5 Å². The van der Waals surface area contributed by atoms with Crippen molar-refractivity contribution >= 4 is 0 Å². The van der Waals surface area contributed by atoms with Gasteiger partial charge < -0.3 is 0 Å². The van der Waals surface area contributed by atoms with Gasteiger partial charge in [-0.1, -0.05) is 34.6 Å². The average Bonchev–Trinajstić information content (AvgIpc) is 3.05. The van der Waals surface area contributed by atoms with Crippen molar-refractivity contribution in [3.8, 4) is 5.69 Å². The number of aromatic nitrogens is 2. The van der Waals surface area contributed by atoms with Crippen molar-refractivity contribution in [3.05, 3.63) is 51.4 Å². The predicted molar refractivity (Wildman–Crippen MR) is 103 cm³/mol. The Balaban J connectivity index is 2.00. The summed E-state index contributed by atoms with van der Waals surface area (Å²) in [5, 5.41) is 0. The van der Waals surface area contributed by atoms with Crippen LogP contribution in [0, 0.1) is 23.0 Å². The molecule has 146 valence electrons. The molecule has 1 aromatic heterocycles. The van der Waals surface area contributed by atoms with Crippen molar-refractivity contribution in [2.45, 2.75) is 71.8 Å². The Morgan fingerprint density at radius 1 is 1.22 bits per heavy atom. The molecule has 2 aliphatic rings. The molecule has 2 bridgehead atoms. The van der Waals surface area contributed by atoms with Crippen LogP contribution in [0.3, 0.4) is 0 Å². The third-order valence-electron chi connectivity index (χ3n) is 7.33. The highest BCUT2D eigenvalue weighted by molar-refractivity contribution is 5.47. The minimum Gasteiger partial charge on any atom is -0.281 e. The van der Waals surface area contributed by atoms with Crippen LogP contribution in [0.1, 0.15) is 71.1 Å². The van der Waals surface area contributed by atoms with E-state index < -0.39 is 11.6 Å². The second-order valence-electron chi connectivity index (χ2n) is 9.43. The molecule has 5 heteroatoms. The smallest absolute Gasteiger partial charge is 0.275 e. The normalized spacial score (nSPS) is 25.4. The number of hydrogen-bond donors (Lipinski definition) is 0. The summed E-state index contributed by atoms with van der Waals surface area (Å²) in [5.41, 5.74) is 1.82. The average molecular weight is 374 g/mol. The second kappa shape index (κ2) is 5.79. The first-order valence-electron chi connectivity index (χ1n) is 9.91. The Morgan fingerprint density at radius 2 is 1.93 bits per heavy atom. The third kappa shape index (κ3) is 2.33. The maximum absolute atomic E-state index is 14.6. The lowest BCUT2D eigenvalue weighted by atomic mass is 9.70. The van der Waals surface area contributed by atoms with Crippen LogP contribution in [0.4, 0.5) is 8.78 Å².